The van der Waals surface area contributed by atoms with E-state index in [1.54, 1.807) is 0 Å². The maximum absolute atomic E-state index is 9.39. The predicted octanol–water partition coefficient (Wildman–Crippen LogP) is 4.32. The summed E-state index contributed by atoms with van der Waals surface area (Å²) in [5.41, 5.74) is 9.05. The van der Waals surface area contributed by atoms with Crippen molar-refractivity contribution in [2.75, 3.05) is 11.1 Å². The van der Waals surface area contributed by atoms with E-state index in [1.807, 2.05) is 43.5 Å². The molecule has 0 saturated carbocycles. The minimum absolute atomic E-state index is 0.155. The fourth-order valence-electron chi connectivity index (χ4n) is 3.31. The van der Waals surface area contributed by atoms with E-state index >= 15 is 0 Å². The van der Waals surface area contributed by atoms with Crippen LogP contribution < -0.4 is 11.1 Å². The second-order valence-electron chi connectivity index (χ2n) is 6.43. The summed E-state index contributed by atoms with van der Waals surface area (Å²) in [6.07, 6.45) is 3.21. The highest BCUT2D eigenvalue weighted by Gasteiger charge is 2.19. The first kappa shape index (κ1) is 17.4. The fraction of sp³-hybridized carbons (Fsp3) is 0.0909. The zero-order chi connectivity index (χ0) is 19.5. The summed E-state index contributed by atoms with van der Waals surface area (Å²) in [5, 5.41) is 14.9. The van der Waals surface area contributed by atoms with Crippen LogP contribution in [0.3, 0.4) is 0 Å². The van der Waals surface area contributed by atoms with Gasteiger partial charge in [-0.2, -0.15) is 5.26 Å². The van der Waals surface area contributed by atoms with E-state index in [4.69, 9.17) is 10.7 Å². The van der Waals surface area contributed by atoms with Gasteiger partial charge in [-0.05, 0) is 17.9 Å². The lowest BCUT2D eigenvalue weighted by molar-refractivity contribution is 0.835. The van der Waals surface area contributed by atoms with Gasteiger partial charge < -0.3 is 11.1 Å². The molecule has 0 saturated heterocycles. The third-order valence-corrected chi connectivity index (χ3v) is 4.64. The molecule has 2 aromatic heterocycles. The Balaban J connectivity index is 1.85. The molecule has 0 spiro atoms. The van der Waals surface area contributed by atoms with Gasteiger partial charge in [0, 0.05) is 17.1 Å². The van der Waals surface area contributed by atoms with Gasteiger partial charge in [0.05, 0.1) is 11.7 Å². The largest absolute Gasteiger partial charge is 0.382 e. The van der Waals surface area contributed by atoms with Crippen LogP contribution in [0.25, 0.3) is 21.9 Å². The number of nitrogen functional groups attached to an aromatic ring is 1. The first-order valence-electron chi connectivity index (χ1n) is 8.89. The highest BCUT2D eigenvalue weighted by Crippen LogP contribution is 2.35. The van der Waals surface area contributed by atoms with Crippen molar-refractivity contribution in [2.24, 2.45) is 0 Å². The van der Waals surface area contributed by atoms with E-state index < -0.39 is 0 Å². The van der Waals surface area contributed by atoms with Gasteiger partial charge in [-0.1, -0.05) is 54.6 Å². The maximum Gasteiger partial charge on any atom is 0.150 e. The number of aromatic nitrogens is 3. The Hall–Kier alpha value is -3.98. The van der Waals surface area contributed by atoms with E-state index in [-0.39, 0.29) is 17.4 Å². The zero-order valence-electron chi connectivity index (χ0n) is 15.3. The molecule has 1 atom stereocenters. The average Bonchev–Trinajstić information content (AvgIpc) is 2.73. The quantitative estimate of drug-likeness (QED) is 0.558. The van der Waals surface area contributed by atoms with Crippen molar-refractivity contribution in [1.82, 2.24) is 15.0 Å². The van der Waals surface area contributed by atoms with Gasteiger partial charge in [-0.3, -0.25) is 4.98 Å². The Morgan fingerprint density at radius 3 is 2.54 bits per heavy atom. The Kier molecular flexibility index (Phi) is 4.56. The minimum Gasteiger partial charge on any atom is -0.382 e. The summed E-state index contributed by atoms with van der Waals surface area (Å²) in [7, 11) is 0. The molecule has 6 heteroatoms. The van der Waals surface area contributed by atoms with Gasteiger partial charge in [0.1, 0.15) is 29.6 Å². The predicted molar refractivity (Wildman–Crippen MR) is 110 cm³/mol. The molecule has 3 N–H and O–H groups in total. The molecule has 0 aliphatic carbocycles. The molecule has 0 fully saturated rings. The Morgan fingerprint density at radius 2 is 1.75 bits per heavy atom. The molecule has 2 aromatic carbocycles. The van der Waals surface area contributed by atoms with Crippen LogP contribution >= 0.6 is 0 Å². The molecular formula is C22H18N6. The summed E-state index contributed by atoms with van der Waals surface area (Å²) in [5.74, 6) is 0.554. The number of nitrogens with one attached hydrogen (secondary N) is 1. The van der Waals surface area contributed by atoms with Gasteiger partial charge in [0.15, 0.2) is 0 Å². The number of hydrogen-bond donors (Lipinski definition) is 2. The van der Waals surface area contributed by atoms with E-state index in [2.05, 4.69) is 45.6 Å². The monoisotopic (exact) mass is 366 g/mol. The van der Waals surface area contributed by atoms with E-state index in [9.17, 15) is 5.26 Å². The molecule has 4 rings (SSSR count). The third-order valence-electron chi connectivity index (χ3n) is 4.64. The maximum atomic E-state index is 9.39. The smallest absolute Gasteiger partial charge is 0.150 e. The van der Waals surface area contributed by atoms with Crippen molar-refractivity contribution in [1.29, 1.82) is 5.26 Å². The number of hydrogen-bond acceptors (Lipinski definition) is 6. The van der Waals surface area contributed by atoms with Crippen LogP contribution in [0.2, 0.25) is 0 Å². The molecular weight excluding hydrogens is 348 g/mol. The van der Waals surface area contributed by atoms with Crippen LogP contribution in [0, 0.1) is 11.3 Å². The average molecular weight is 366 g/mol. The number of rotatable bonds is 4. The number of benzene rings is 2. The Morgan fingerprint density at radius 1 is 1.00 bits per heavy atom. The Bertz CT molecular complexity index is 1180. The van der Waals surface area contributed by atoms with Crippen molar-refractivity contribution in [3.05, 3.63) is 78.4 Å². The molecule has 0 aliphatic heterocycles. The van der Waals surface area contributed by atoms with Gasteiger partial charge in [0.25, 0.3) is 0 Å². The van der Waals surface area contributed by atoms with Crippen LogP contribution in [-0.2, 0) is 0 Å². The summed E-state index contributed by atoms with van der Waals surface area (Å²) >= 11 is 0. The number of nitrogens with two attached hydrogens (primary N) is 1. The minimum atomic E-state index is -0.207. The highest BCUT2D eigenvalue weighted by atomic mass is 15.1. The molecule has 136 valence electrons. The summed E-state index contributed by atoms with van der Waals surface area (Å²) < 4.78 is 0. The normalized spacial score (nSPS) is 11.7. The van der Waals surface area contributed by atoms with Crippen LogP contribution in [0.1, 0.15) is 24.2 Å². The second kappa shape index (κ2) is 7.33. The molecule has 0 aliphatic rings. The number of nitriles is 1. The molecule has 4 aromatic rings. The zero-order valence-corrected chi connectivity index (χ0v) is 15.3. The highest BCUT2D eigenvalue weighted by molar-refractivity contribution is 5.97. The first-order valence-corrected chi connectivity index (χ1v) is 8.89. The lowest BCUT2D eigenvalue weighted by atomic mass is 9.95. The van der Waals surface area contributed by atoms with Crippen molar-refractivity contribution in [2.45, 2.75) is 13.0 Å². The third kappa shape index (κ3) is 3.10. The van der Waals surface area contributed by atoms with Crippen molar-refractivity contribution in [3.63, 3.8) is 0 Å². The van der Waals surface area contributed by atoms with Crippen LogP contribution in [-0.4, -0.2) is 15.0 Å². The summed E-state index contributed by atoms with van der Waals surface area (Å²) in [6.45, 7) is 1.99. The molecule has 0 radical (unpaired) electrons. The molecule has 28 heavy (non-hydrogen) atoms. The number of fused-ring (bicyclic) bond motifs is 1. The summed E-state index contributed by atoms with van der Waals surface area (Å²) in [6, 6.07) is 20.2. The molecule has 6 nitrogen and oxygen atoms in total. The van der Waals surface area contributed by atoms with Gasteiger partial charge >= 0.3 is 0 Å². The van der Waals surface area contributed by atoms with Crippen LogP contribution in [0.5, 0.6) is 0 Å². The number of anilines is 2. The lowest BCUT2D eigenvalue weighted by Crippen LogP contribution is -2.13. The van der Waals surface area contributed by atoms with Gasteiger partial charge in [0.2, 0.25) is 0 Å². The second-order valence-corrected chi connectivity index (χ2v) is 6.43. The van der Waals surface area contributed by atoms with Gasteiger partial charge in [-0.25, -0.2) is 9.97 Å². The number of nitrogens with zero attached hydrogens (tertiary/aromatic N) is 4. The molecule has 0 bridgehead atoms. The van der Waals surface area contributed by atoms with E-state index in [0.717, 1.165) is 27.6 Å². The topological polar surface area (TPSA) is 101 Å². The standard InChI is InChI=1S/C22H18N6/c1-14(28-22-18(11-23)21(24)26-13-27-22)20-19(15-7-3-2-4-8-15)17-10-6-5-9-16(17)12-25-20/h2-10,12-14H,1H3,(H3,24,26,27,28)/t14-/m1/s1. The Labute approximate surface area is 162 Å². The summed E-state index contributed by atoms with van der Waals surface area (Å²) in [4.78, 5) is 12.8. The number of pyridine rings is 1. The molecule has 0 amide bonds. The van der Waals surface area contributed by atoms with Crippen LogP contribution in [0.4, 0.5) is 11.6 Å². The lowest BCUT2D eigenvalue weighted by Gasteiger charge is -2.20. The fourth-order valence-corrected chi connectivity index (χ4v) is 3.31. The van der Waals surface area contributed by atoms with E-state index in [0.29, 0.717) is 5.82 Å². The SMILES string of the molecule is C[C@@H](Nc1ncnc(N)c1C#N)c1ncc2ccccc2c1-c1ccccc1. The molecule has 2 heterocycles. The van der Waals surface area contributed by atoms with Crippen LogP contribution in [0.15, 0.2) is 67.1 Å². The van der Waals surface area contributed by atoms with Crippen molar-refractivity contribution in [3.8, 4) is 17.2 Å². The first-order chi connectivity index (χ1) is 13.7. The van der Waals surface area contributed by atoms with Crippen molar-refractivity contribution < 1.29 is 0 Å². The van der Waals surface area contributed by atoms with Gasteiger partial charge in [-0.15, -0.1) is 0 Å². The van der Waals surface area contributed by atoms with Crippen molar-refractivity contribution >= 4 is 22.4 Å². The molecule has 0 unspecified atom stereocenters. The van der Waals surface area contributed by atoms with E-state index in [1.165, 1.54) is 6.33 Å².